The van der Waals surface area contributed by atoms with Crippen molar-refractivity contribution in [3.8, 4) is 6.07 Å². The Labute approximate surface area is 104 Å². The predicted molar refractivity (Wildman–Crippen MR) is 70.1 cm³/mol. The van der Waals surface area contributed by atoms with Crippen molar-refractivity contribution in [3.63, 3.8) is 0 Å². The molecular formula is C14H20N2O. The number of nitriles is 1. The SMILES string of the molecule is CC(C)COCCN(C)c1cccc(C#N)c1. The molecule has 0 saturated heterocycles. The summed E-state index contributed by atoms with van der Waals surface area (Å²) in [6.07, 6.45) is 0. The van der Waals surface area contributed by atoms with Gasteiger partial charge in [0, 0.05) is 25.9 Å². The van der Waals surface area contributed by atoms with Crippen LogP contribution >= 0.6 is 0 Å². The van der Waals surface area contributed by atoms with Crippen LogP contribution in [-0.2, 0) is 4.74 Å². The Morgan fingerprint density at radius 1 is 1.41 bits per heavy atom. The van der Waals surface area contributed by atoms with Crippen LogP contribution < -0.4 is 4.90 Å². The maximum Gasteiger partial charge on any atom is 0.0992 e. The zero-order valence-corrected chi connectivity index (χ0v) is 10.8. The summed E-state index contributed by atoms with van der Waals surface area (Å²) in [6, 6.07) is 9.76. The van der Waals surface area contributed by atoms with Crippen molar-refractivity contribution in [2.45, 2.75) is 13.8 Å². The number of hydrogen-bond donors (Lipinski definition) is 0. The zero-order chi connectivity index (χ0) is 12.7. The highest BCUT2D eigenvalue weighted by Gasteiger charge is 2.02. The van der Waals surface area contributed by atoms with E-state index in [4.69, 9.17) is 10.00 Å². The molecule has 0 amide bonds. The topological polar surface area (TPSA) is 36.3 Å². The van der Waals surface area contributed by atoms with E-state index in [1.54, 1.807) is 0 Å². The molecule has 0 aliphatic carbocycles. The lowest BCUT2D eigenvalue weighted by Crippen LogP contribution is -2.23. The number of ether oxygens (including phenoxy) is 1. The van der Waals surface area contributed by atoms with Gasteiger partial charge in [0.15, 0.2) is 0 Å². The monoisotopic (exact) mass is 232 g/mol. The Balaban J connectivity index is 2.41. The quantitative estimate of drug-likeness (QED) is 0.707. The van der Waals surface area contributed by atoms with Gasteiger partial charge in [0.05, 0.1) is 18.2 Å². The third kappa shape index (κ3) is 4.88. The molecule has 1 rings (SSSR count). The average molecular weight is 232 g/mol. The summed E-state index contributed by atoms with van der Waals surface area (Å²) >= 11 is 0. The highest BCUT2D eigenvalue weighted by molar-refractivity contribution is 5.50. The first kappa shape index (κ1) is 13.5. The summed E-state index contributed by atoms with van der Waals surface area (Å²) in [4.78, 5) is 2.10. The Morgan fingerprint density at radius 3 is 2.82 bits per heavy atom. The molecule has 0 heterocycles. The summed E-state index contributed by atoms with van der Waals surface area (Å²) < 4.78 is 5.54. The first-order chi connectivity index (χ1) is 8.13. The molecule has 0 bridgehead atoms. The molecule has 1 aromatic carbocycles. The van der Waals surface area contributed by atoms with E-state index in [1.807, 2.05) is 31.3 Å². The lowest BCUT2D eigenvalue weighted by molar-refractivity contribution is 0.116. The summed E-state index contributed by atoms with van der Waals surface area (Å²) in [5, 5.41) is 8.83. The third-order valence-corrected chi connectivity index (χ3v) is 2.44. The second kappa shape index (κ2) is 6.93. The molecule has 0 N–H and O–H groups in total. The van der Waals surface area contributed by atoms with Gasteiger partial charge in [0.1, 0.15) is 0 Å². The maximum absolute atomic E-state index is 8.83. The smallest absolute Gasteiger partial charge is 0.0992 e. The molecular weight excluding hydrogens is 212 g/mol. The van der Waals surface area contributed by atoms with Crippen molar-refractivity contribution >= 4 is 5.69 Å². The van der Waals surface area contributed by atoms with Gasteiger partial charge >= 0.3 is 0 Å². The van der Waals surface area contributed by atoms with Gasteiger partial charge in [0.2, 0.25) is 0 Å². The van der Waals surface area contributed by atoms with Gasteiger partial charge in [-0.05, 0) is 24.1 Å². The van der Waals surface area contributed by atoms with Crippen LogP contribution in [0.1, 0.15) is 19.4 Å². The van der Waals surface area contributed by atoms with E-state index in [9.17, 15) is 0 Å². The van der Waals surface area contributed by atoms with E-state index in [1.165, 1.54) is 0 Å². The molecule has 0 unspecified atom stereocenters. The van der Waals surface area contributed by atoms with Gasteiger partial charge in [0.25, 0.3) is 0 Å². The number of anilines is 1. The summed E-state index contributed by atoms with van der Waals surface area (Å²) in [6.45, 7) is 6.62. The van der Waals surface area contributed by atoms with Crippen molar-refractivity contribution in [2.75, 3.05) is 31.7 Å². The molecule has 92 valence electrons. The number of hydrogen-bond acceptors (Lipinski definition) is 3. The lowest BCUT2D eigenvalue weighted by atomic mass is 10.2. The second-order valence-corrected chi connectivity index (χ2v) is 4.55. The number of rotatable bonds is 6. The average Bonchev–Trinajstić information content (AvgIpc) is 2.34. The summed E-state index contributed by atoms with van der Waals surface area (Å²) in [7, 11) is 2.01. The van der Waals surface area contributed by atoms with Crippen molar-refractivity contribution < 1.29 is 4.74 Å². The van der Waals surface area contributed by atoms with E-state index >= 15 is 0 Å². The van der Waals surface area contributed by atoms with Crippen LogP contribution in [0.5, 0.6) is 0 Å². The first-order valence-corrected chi connectivity index (χ1v) is 5.92. The number of likely N-dealkylation sites (N-methyl/N-ethyl adjacent to an activating group) is 1. The normalized spacial score (nSPS) is 10.3. The molecule has 3 nitrogen and oxygen atoms in total. The van der Waals surface area contributed by atoms with Crippen LogP contribution in [0.25, 0.3) is 0 Å². The Hall–Kier alpha value is -1.53. The molecule has 0 saturated carbocycles. The van der Waals surface area contributed by atoms with Crippen LogP contribution in [0, 0.1) is 17.2 Å². The van der Waals surface area contributed by atoms with Gasteiger partial charge < -0.3 is 9.64 Å². The van der Waals surface area contributed by atoms with E-state index in [0.29, 0.717) is 18.1 Å². The molecule has 3 heteroatoms. The largest absolute Gasteiger partial charge is 0.379 e. The lowest BCUT2D eigenvalue weighted by Gasteiger charge is -2.19. The minimum atomic E-state index is 0.572. The second-order valence-electron chi connectivity index (χ2n) is 4.55. The van der Waals surface area contributed by atoms with Crippen LogP contribution in [0.4, 0.5) is 5.69 Å². The Morgan fingerprint density at radius 2 is 2.18 bits per heavy atom. The van der Waals surface area contributed by atoms with Gasteiger partial charge in [-0.1, -0.05) is 19.9 Å². The summed E-state index contributed by atoms with van der Waals surface area (Å²) in [5.41, 5.74) is 1.75. The van der Waals surface area contributed by atoms with Gasteiger partial charge in [-0.2, -0.15) is 5.26 Å². The highest BCUT2D eigenvalue weighted by Crippen LogP contribution is 2.13. The van der Waals surface area contributed by atoms with Crippen LogP contribution in [0.2, 0.25) is 0 Å². The van der Waals surface area contributed by atoms with Crippen LogP contribution in [0.3, 0.4) is 0 Å². The fourth-order valence-corrected chi connectivity index (χ4v) is 1.46. The Kier molecular flexibility index (Phi) is 5.51. The molecule has 0 fully saturated rings. The van der Waals surface area contributed by atoms with Crippen LogP contribution in [0.15, 0.2) is 24.3 Å². The van der Waals surface area contributed by atoms with Gasteiger partial charge in [-0.3, -0.25) is 0 Å². The molecule has 17 heavy (non-hydrogen) atoms. The molecule has 0 atom stereocenters. The van der Waals surface area contributed by atoms with Crippen molar-refractivity contribution in [3.05, 3.63) is 29.8 Å². The maximum atomic E-state index is 8.83. The third-order valence-electron chi connectivity index (χ3n) is 2.44. The van der Waals surface area contributed by atoms with Gasteiger partial charge in [-0.25, -0.2) is 0 Å². The van der Waals surface area contributed by atoms with E-state index in [2.05, 4.69) is 24.8 Å². The van der Waals surface area contributed by atoms with Crippen LogP contribution in [-0.4, -0.2) is 26.8 Å². The first-order valence-electron chi connectivity index (χ1n) is 5.92. The molecule has 0 aliphatic heterocycles. The van der Waals surface area contributed by atoms with Gasteiger partial charge in [-0.15, -0.1) is 0 Å². The van der Waals surface area contributed by atoms with Crippen molar-refractivity contribution in [1.29, 1.82) is 5.26 Å². The molecule has 0 aromatic heterocycles. The van der Waals surface area contributed by atoms with E-state index < -0.39 is 0 Å². The minimum absolute atomic E-state index is 0.572. The minimum Gasteiger partial charge on any atom is -0.379 e. The molecule has 0 aliphatic rings. The fraction of sp³-hybridized carbons (Fsp3) is 0.500. The van der Waals surface area contributed by atoms with Crippen molar-refractivity contribution in [1.82, 2.24) is 0 Å². The molecule has 0 spiro atoms. The van der Waals surface area contributed by atoms with E-state index in [0.717, 1.165) is 18.8 Å². The molecule has 0 radical (unpaired) electrons. The number of benzene rings is 1. The standard InChI is InChI=1S/C14H20N2O/c1-12(2)11-17-8-7-16(3)14-6-4-5-13(9-14)10-15/h4-6,9,12H,7-8,11H2,1-3H3. The summed E-state index contributed by atoms with van der Waals surface area (Å²) in [5.74, 6) is 0.572. The van der Waals surface area contributed by atoms with E-state index in [-0.39, 0.29) is 0 Å². The molecule has 1 aromatic rings. The zero-order valence-electron chi connectivity index (χ0n) is 10.8. The fourth-order valence-electron chi connectivity index (χ4n) is 1.46. The highest BCUT2D eigenvalue weighted by atomic mass is 16.5. The Bertz CT molecular complexity index is 382. The predicted octanol–water partition coefficient (Wildman–Crippen LogP) is 2.67. The van der Waals surface area contributed by atoms with Crippen molar-refractivity contribution in [2.24, 2.45) is 5.92 Å². The number of nitrogens with zero attached hydrogens (tertiary/aromatic N) is 2.